The van der Waals surface area contributed by atoms with Gasteiger partial charge >= 0.3 is 6.18 Å². The topological polar surface area (TPSA) is 46.4 Å². The number of halogens is 4. The van der Waals surface area contributed by atoms with E-state index < -0.39 is 29.7 Å². The van der Waals surface area contributed by atoms with Gasteiger partial charge in [0.05, 0.1) is 17.7 Å². The standard InChI is InChI=1S/C18H13F4N3O/c19-14-7-12(14)17(26)24-15-9-25-8-10(5-6-16(25)23-15)11-3-1-2-4-13(11)18(20,21)22/h1-6,8-9,12,14H,7H2,(H,24,26)/t12-,14+/m1/s1. The molecule has 1 aromatic carbocycles. The number of hydrogen-bond donors (Lipinski definition) is 1. The Morgan fingerprint density at radius 2 is 1.88 bits per heavy atom. The summed E-state index contributed by atoms with van der Waals surface area (Å²) < 4.78 is 54.1. The summed E-state index contributed by atoms with van der Waals surface area (Å²) in [5, 5.41) is 2.53. The number of amides is 1. The third-order valence-electron chi connectivity index (χ3n) is 4.30. The maximum atomic E-state index is 13.2. The normalized spacial score (nSPS) is 19.5. The van der Waals surface area contributed by atoms with Crippen molar-refractivity contribution in [3.63, 3.8) is 0 Å². The van der Waals surface area contributed by atoms with Gasteiger partial charge in [-0.2, -0.15) is 13.2 Å². The van der Waals surface area contributed by atoms with Crippen LogP contribution in [0.3, 0.4) is 0 Å². The lowest BCUT2D eigenvalue weighted by atomic mass is 10.0. The molecule has 0 aliphatic heterocycles. The van der Waals surface area contributed by atoms with Gasteiger partial charge in [-0.1, -0.05) is 18.2 Å². The molecule has 2 atom stereocenters. The molecule has 0 radical (unpaired) electrons. The van der Waals surface area contributed by atoms with E-state index in [0.717, 1.165) is 6.07 Å². The smallest absolute Gasteiger partial charge is 0.309 e. The maximum absolute atomic E-state index is 13.2. The minimum atomic E-state index is -4.47. The molecular weight excluding hydrogens is 350 g/mol. The molecule has 2 aromatic heterocycles. The van der Waals surface area contributed by atoms with E-state index in [1.54, 1.807) is 6.07 Å². The zero-order valence-corrected chi connectivity index (χ0v) is 13.3. The summed E-state index contributed by atoms with van der Waals surface area (Å²) in [6, 6.07) is 8.41. The molecule has 2 heterocycles. The van der Waals surface area contributed by atoms with Crippen LogP contribution < -0.4 is 5.32 Å². The number of carbonyl (C=O) groups excluding carboxylic acids is 1. The summed E-state index contributed by atoms with van der Waals surface area (Å²) in [5.74, 6) is -0.854. The third-order valence-corrected chi connectivity index (χ3v) is 4.30. The maximum Gasteiger partial charge on any atom is 0.417 e. The average molecular weight is 363 g/mol. The third kappa shape index (κ3) is 3.02. The molecule has 3 aromatic rings. The van der Waals surface area contributed by atoms with Gasteiger partial charge in [0.25, 0.3) is 0 Å². The Bertz CT molecular complexity index is 996. The summed E-state index contributed by atoms with van der Waals surface area (Å²) in [7, 11) is 0. The van der Waals surface area contributed by atoms with E-state index in [4.69, 9.17) is 0 Å². The van der Waals surface area contributed by atoms with Crippen LogP contribution in [0, 0.1) is 5.92 Å². The molecule has 4 rings (SSSR count). The molecule has 1 amide bonds. The van der Waals surface area contributed by atoms with Crippen molar-refractivity contribution >= 4 is 17.4 Å². The van der Waals surface area contributed by atoms with Gasteiger partial charge in [-0.3, -0.25) is 4.79 Å². The first-order valence-corrected chi connectivity index (χ1v) is 7.93. The SMILES string of the molecule is O=C(Nc1cn2cc(-c3ccccc3C(F)(F)F)ccc2n1)[C@@H]1C[C@@H]1F. The lowest BCUT2D eigenvalue weighted by molar-refractivity contribution is -0.137. The predicted molar refractivity (Wildman–Crippen MR) is 87.3 cm³/mol. The van der Waals surface area contributed by atoms with Crippen molar-refractivity contribution in [2.75, 3.05) is 5.32 Å². The quantitative estimate of drug-likeness (QED) is 0.705. The average Bonchev–Trinajstić information content (AvgIpc) is 3.19. The molecule has 1 N–H and O–H groups in total. The van der Waals surface area contributed by atoms with Crippen LogP contribution in [0.5, 0.6) is 0 Å². The monoisotopic (exact) mass is 363 g/mol. The molecule has 1 aliphatic carbocycles. The number of alkyl halides is 4. The second-order valence-electron chi connectivity index (χ2n) is 6.20. The van der Waals surface area contributed by atoms with Crippen molar-refractivity contribution in [2.45, 2.75) is 18.8 Å². The molecule has 8 heteroatoms. The van der Waals surface area contributed by atoms with Crippen LogP contribution in [0.4, 0.5) is 23.4 Å². The molecule has 0 saturated heterocycles. The Morgan fingerprint density at radius 3 is 2.58 bits per heavy atom. The van der Waals surface area contributed by atoms with E-state index in [0.29, 0.717) is 11.2 Å². The second-order valence-corrected chi connectivity index (χ2v) is 6.20. The predicted octanol–water partition coefficient (Wildman–Crippen LogP) is 4.32. The van der Waals surface area contributed by atoms with Gasteiger partial charge in [0, 0.05) is 6.20 Å². The number of fused-ring (bicyclic) bond motifs is 1. The van der Waals surface area contributed by atoms with Crippen molar-refractivity contribution in [1.82, 2.24) is 9.38 Å². The Labute approximate surface area is 145 Å². The molecule has 1 aliphatic rings. The highest BCUT2D eigenvalue weighted by Gasteiger charge is 2.43. The number of anilines is 1. The van der Waals surface area contributed by atoms with Gasteiger partial charge in [0.1, 0.15) is 11.8 Å². The molecular formula is C18H13F4N3O. The van der Waals surface area contributed by atoms with Gasteiger partial charge in [-0.15, -0.1) is 0 Å². The summed E-state index contributed by atoms with van der Waals surface area (Å²) >= 11 is 0. The zero-order valence-electron chi connectivity index (χ0n) is 13.3. The summed E-state index contributed by atoms with van der Waals surface area (Å²) in [6.45, 7) is 0. The Morgan fingerprint density at radius 1 is 1.15 bits per heavy atom. The Balaban J connectivity index is 1.67. The highest BCUT2D eigenvalue weighted by atomic mass is 19.4. The summed E-state index contributed by atoms with van der Waals surface area (Å²) in [6.07, 6.45) is -2.37. The number of nitrogens with one attached hydrogen (secondary N) is 1. The molecule has 26 heavy (non-hydrogen) atoms. The number of hydrogen-bond acceptors (Lipinski definition) is 2. The molecule has 0 unspecified atom stereocenters. The van der Waals surface area contributed by atoms with Crippen molar-refractivity contribution in [1.29, 1.82) is 0 Å². The molecule has 0 spiro atoms. The minimum Gasteiger partial charge on any atom is -0.309 e. The second kappa shape index (κ2) is 5.82. The van der Waals surface area contributed by atoms with E-state index in [9.17, 15) is 22.4 Å². The van der Waals surface area contributed by atoms with Gasteiger partial charge in [0.15, 0.2) is 5.82 Å². The fourth-order valence-corrected chi connectivity index (χ4v) is 2.85. The van der Waals surface area contributed by atoms with Crippen LogP contribution in [0.15, 0.2) is 48.8 Å². The number of aromatic nitrogens is 2. The highest BCUT2D eigenvalue weighted by molar-refractivity contribution is 5.94. The molecule has 1 fully saturated rings. The number of imidazole rings is 1. The van der Waals surface area contributed by atoms with Crippen LogP contribution >= 0.6 is 0 Å². The molecule has 1 saturated carbocycles. The lowest BCUT2D eigenvalue weighted by Gasteiger charge is -2.12. The van der Waals surface area contributed by atoms with Gasteiger partial charge in [0.2, 0.25) is 5.91 Å². The van der Waals surface area contributed by atoms with E-state index >= 15 is 0 Å². The van der Waals surface area contributed by atoms with Gasteiger partial charge in [-0.05, 0) is 35.7 Å². The number of rotatable bonds is 3. The molecule has 0 bridgehead atoms. The van der Waals surface area contributed by atoms with Gasteiger partial charge in [-0.25, -0.2) is 9.37 Å². The van der Waals surface area contributed by atoms with Crippen molar-refractivity contribution < 1.29 is 22.4 Å². The summed E-state index contributed by atoms with van der Waals surface area (Å²) in [5.41, 5.74) is 0.156. The largest absolute Gasteiger partial charge is 0.417 e. The van der Waals surface area contributed by atoms with Crippen LogP contribution in [-0.4, -0.2) is 21.5 Å². The Hall–Kier alpha value is -2.90. The molecule has 134 valence electrons. The first kappa shape index (κ1) is 16.6. The van der Waals surface area contributed by atoms with E-state index in [2.05, 4.69) is 10.3 Å². The van der Waals surface area contributed by atoms with Crippen molar-refractivity contribution in [2.24, 2.45) is 5.92 Å². The van der Waals surface area contributed by atoms with Crippen LogP contribution in [0.1, 0.15) is 12.0 Å². The van der Waals surface area contributed by atoms with E-state index in [1.165, 1.54) is 41.1 Å². The number of benzene rings is 1. The minimum absolute atomic E-state index is 0.0550. The fourth-order valence-electron chi connectivity index (χ4n) is 2.85. The van der Waals surface area contributed by atoms with Crippen LogP contribution in [0.2, 0.25) is 0 Å². The Kier molecular flexibility index (Phi) is 3.71. The molecule has 4 nitrogen and oxygen atoms in total. The number of pyridine rings is 1. The van der Waals surface area contributed by atoms with Crippen molar-refractivity contribution in [3.05, 3.63) is 54.4 Å². The fraction of sp³-hybridized carbons (Fsp3) is 0.222. The van der Waals surface area contributed by atoms with Crippen LogP contribution in [0.25, 0.3) is 16.8 Å². The lowest BCUT2D eigenvalue weighted by Crippen LogP contribution is -2.15. The van der Waals surface area contributed by atoms with Crippen molar-refractivity contribution in [3.8, 4) is 11.1 Å². The van der Waals surface area contributed by atoms with Crippen LogP contribution in [-0.2, 0) is 11.0 Å². The number of nitrogens with zero attached hydrogens (tertiary/aromatic N) is 2. The summed E-state index contributed by atoms with van der Waals surface area (Å²) in [4.78, 5) is 16.0. The van der Waals surface area contributed by atoms with E-state index in [1.807, 2.05) is 0 Å². The number of carbonyl (C=O) groups is 1. The highest BCUT2D eigenvalue weighted by Crippen LogP contribution is 2.37. The van der Waals surface area contributed by atoms with E-state index in [-0.39, 0.29) is 17.8 Å². The van der Waals surface area contributed by atoms with Gasteiger partial charge < -0.3 is 9.72 Å². The first-order chi connectivity index (χ1) is 12.3. The first-order valence-electron chi connectivity index (χ1n) is 7.93. The zero-order chi connectivity index (χ0) is 18.5.